The van der Waals surface area contributed by atoms with Crippen molar-refractivity contribution < 1.29 is 22.7 Å². The first-order valence-electron chi connectivity index (χ1n) is 10.6. The molecule has 2 heterocycles. The van der Waals surface area contributed by atoms with Crippen molar-refractivity contribution in [1.82, 2.24) is 10.3 Å². The van der Waals surface area contributed by atoms with Crippen molar-refractivity contribution in [3.63, 3.8) is 0 Å². The van der Waals surface area contributed by atoms with Crippen molar-refractivity contribution in [1.29, 1.82) is 0 Å². The van der Waals surface area contributed by atoms with Gasteiger partial charge in [0.05, 0.1) is 18.7 Å². The molecular weight excluding hydrogens is 451 g/mol. The number of halogens is 3. The molecule has 9 heteroatoms. The quantitative estimate of drug-likeness (QED) is 0.480. The number of hydrogen-bond acceptors (Lipinski definition) is 5. The predicted octanol–water partition coefficient (Wildman–Crippen LogP) is 5.93. The lowest BCUT2D eigenvalue weighted by Crippen LogP contribution is -2.28. The molecular formula is C24H24F3N3O2S. The van der Waals surface area contributed by atoms with Crippen LogP contribution >= 0.6 is 11.3 Å². The molecule has 1 N–H and O–H groups in total. The zero-order chi connectivity index (χ0) is 23.6. The van der Waals surface area contributed by atoms with E-state index in [1.807, 2.05) is 24.3 Å². The van der Waals surface area contributed by atoms with Crippen LogP contribution in [0.15, 0.2) is 48.5 Å². The molecule has 1 amide bonds. The van der Waals surface area contributed by atoms with E-state index in [1.54, 1.807) is 31.2 Å². The molecule has 0 saturated carbocycles. The Bertz CT molecular complexity index is 1140. The number of ether oxygens (including phenoxy) is 1. The van der Waals surface area contributed by atoms with Crippen molar-refractivity contribution in [3.05, 3.63) is 64.7 Å². The third-order valence-electron chi connectivity index (χ3n) is 5.63. The number of alkyl halides is 3. The van der Waals surface area contributed by atoms with Crippen LogP contribution in [0.2, 0.25) is 0 Å². The second-order valence-corrected chi connectivity index (χ2v) is 8.88. The Morgan fingerprint density at radius 1 is 1.15 bits per heavy atom. The number of para-hydroxylation sites is 1. The number of carbonyl (C=O) groups is 1. The number of methoxy groups -OCH3 is 1. The SMILES string of the molecule is COc1ccccc1-c1nc(C(F)(F)F)c(C(=O)NC(C)c2cccc(N3CCCC3)c2)s1. The van der Waals surface area contributed by atoms with Crippen molar-refractivity contribution in [2.75, 3.05) is 25.1 Å². The number of nitrogens with one attached hydrogen (secondary N) is 1. The normalized spacial score (nSPS) is 14.9. The Kier molecular flexibility index (Phi) is 6.60. The first kappa shape index (κ1) is 23.1. The average molecular weight is 476 g/mol. The van der Waals surface area contributed by atoms with Gasteiger partial charge in [-0.1, -0.05) is 24.3 Å². The summed E-state index contributed by atoms with van der Waals surface area (Å²) >= 11 is 0.706. The molecule has 0 bridgehead atoms. The van der Waals surface area contributed by atoms with Crippen molar-refractivity contribution in [2.24, 2.45) is 0 Å². The number of carbonyl (C=O) groups excluding carboxylic acids is 1. The third kappa shape index (κ3) is 4.98. The van der Waals surface area contributed by atoms with Crippen LogP contribution in [0, 0.1) is 0 Å². The highest BCUT2D eigenvalue weighted by molar-refractivity contribution is 7.17. The Labute approximate surface area is 194 Å². The fourth-order valence-electron chi connectivity index (χ4n) is 3.91. The van der Waals surface area contributed by atoms with E-state index in [1.165, 1.54) is 7.11 Å². The van der Waals surface area contributed by atoms with E-state index in [0.29, 0.717) is 22.6 Å². The van der Waals surface area contributed by atoms with Gasteiger partial charge in [0.2, 0.25) is 0 Å². The Morgan fingerprint density at radius 2 is 1.88 bits per heavy atom. The van der Waals surface area contributed by atoms with Gasteiger partial charge in [0.25, 0.3) is 5.91 Å². The molecule has 0 aliphatic carbocycles. The second-order valence-electron chi connectivity index (χ2n) is 7.88. The number of anilines is 1. The molecule has 2 aromatic carbocycles. The molecule has 0 radical (unpaired) electrons. The number of nitrogens with zero attached hydrogens (tertiary/aromatic N) is 2. The van der Waals surface area contributed by atoms with Crippen molar-refractivity contribution >= 4 is 22.9 Å². The monoisotopic (exact) mass is 475 g/mol. The summed E-state index contributed by atoms with van der Waals surface area (Å²) in [7, 11) is 1.43. The standard InChI is InChI=1S/C24H24F3N3O2S/c1-15(16-8-7-9-17(14-16)30-12-5-6-13-30)28-22(31)20-21(24(25,26)27)29-23(33-20)18-10-3-4-11-19(18)32-2/h3-4,7-11,14-15H,5-6,12-13H2,1-2H3,(H,28,31). The zero-order valence-electron chi connectivity index (χ0n) is 18.3. The fraction of sp³-hybridized carbons (Fsp3) is 0.333. The predicted molar refractivity (Wildman–Crippen MR) is 123 cm³/mol. The summed E-state index contributed by atoms with van der Waals surface area (Å²) in [5, 5.41) is 2.80. The Balaban J connectivity index is 1.61. The fourth-order valence-corrected chi connectivity index (χ4v) is 4.93. The molecule has 1 aliphatic rings. The molecule has 1 saturated heterocycles. The van der Waals surface area contributed by atoms with Gasteiger partial charge < -0.3 is 15.0 Å². The summed E-state index contributed by atoms with van der Waals surface area (Å²) in [6.45, 7) is 3.72. The van der Waals surface area contributed by atoms with Gasteiger partial charge in [0.1, 0.15) is 15.6 Å². The van der Waals surface area contributed by atoms with Gasteiger partial charge in [-0.05, 0) is 49.6 Å². The minimum Gasteiger partial charge on any atom is -0.496 e. The highest BCUT2D eigenvalue weighted by Crippen LogP contribution is 2.40. The van der Waals surface area contributed by atoms with E-state index in [9.17, 15) is 18.0 Å². The summed E-state index contributed by atoms with van der Waals surface area (Å²) in [4.78, 5) is 18.5. The largest absolute Gasteiger partial charge is 0.496 e. The van der Waals surface area contributed by atoms with Crippen molar-refractivity contribution in [2.45, 2.75) is 32.0 Å². The van der Waals surface area contributed by atoms with Crippen molar-refractivity contribution in [3.8, 4) is 16.3 Å². The van der Waals surface area contributed by atoms with E-state index in [0.717, 1.165) is 37.2 Å². The lowest BCUT2D eigenvalue weighted by molar-refractivity contribution is -0.141. The molecule has 1 aliphatic heterocycles. The lowest BCUT2D eigenvalue weighted by atomic mass is 10.1. The van der Waals surface area contributed by atoms with Crippen LogP contribution in [0.1, 0.15) is 46.7 Å². The van der Waals surface area contributed by atoms with E-state index in [4.69, 9.17) is 4.74 Å². The summed E-state index contributed by atoms with van der Waals surface area (Å²) in [5.74, 6) is -0.418. The Morgan fingerprint density at radius 3 is 2.58 bits per heavy atom. The smallest absolute Gasteiger partial charge is 0.435 e. The van der Waals surface area contributed by atoms with E-state index >= 15 is 0 Å². The molecule has 5 nitrogen and oxygen atoms in total. The van der Waals surface area contributed by atoms with E-state index in [2.05, 4.69) is 15.2 Å². The second kappa shape index (κ2) is 9.43. The maximum Gasteiger partial charge on any atom is 0.435 e. The van der Waals surface area contributed by atoms with E-state index < -0.39 is 28.7 Å². The average Bonchev–Trinajstić information content (AvgIpc) is 3.49. The molecule has 1 unspecified atom stereocenters. The highest BCUT2D eigenvalue weighted by Gasteiger charge is 2.40. The zero-order valence-corrected chi connectivity index (χ0v) is 19.1. The maximum atomic E-state index is 13.7. The summed E-state index contributed by atoms with van der Waals surface area (Å²) in [5.41, 5.74) is 1.10. The highest BCUT2D eigenvalue weighted by atomic mass is 32.1. The number of hydrogen-bond donors (Lipinski definition) is 1. The van der Waals surface area contributed by atoms with Crippen LogP contribution < -0.4 is 15.0 Å². The Hall–Kier alpha value is -3.07. The number of benzene rings is 2. The van der Waals surface area contributed by atoms with Crippen LogP contribution in [0.4, 0.5) is 18.9 Å². The van der Waals surface area contributed by atoms with Gasteiger partial charge in [-0.25, -0.2) is 4.98 Å². The molecule has 174 valence electrons. The first-order chi connectivity index (χ1) is 15.8. The van der Waals surface area contributed by atoms with Gasteiger partial charge in [0.15, 0.2) is 5.69 Å². The maximum absolute atomic E-state index is 13.7. The number of aromatic nitrogens is 1. The van der Waals surface area contributed by atoms with Crippen LogP contribution in [0.5, 0.6) is 5.75 Å². The van der Waals surface area contributed by atoms with Gasteiger partial charge in [0, 0.05) is 18.8 Å². The summed E-state index contributed by atoms with van der Waals surface area (Å²) in [6, 6.07) is 13.9. The number of thiazole rings is 1. The molecule has 1 fully saturated rings. The topological polar surface area (TPSA) is 54.5 Å². The van der Waals surface area contributed by atoms with Gasteiger partial charge in [-0.15, -0.1) is 11.3 Å². The number of rotatable bonds is 6. The number of amides is 1. The van der Waals surface area contributed by atoms with E-state index in [-0.39, 0.29) is 5.01 Å². The van der Waals surface area contributed by atoms with Crippen LogP contribution in [-0.4, -0.2) is 31.1 Å². The molecule has 1 aromatic heterocycles. The third-order valence-corrected chi connectivity index (χ3v) is 6.72. The summed E-state index contributed by atoms with van der Waals surface area (Å²) < 4.78 is 46.5. The molecule has 1 atom stereocenters. The van der Waals surface area contributed by atoms with Gasteiger partial charge >= 0.3 is 6.18 Å². The van der Waals surface area contributed by atoms with Crippen LogP contribution in [0.25, 0.3) is 10.6 Å². The molecule has 3 aromatic rings. The first-order valence-corrected chi connectivity index (χ1v) is 11.5. The molecule has 33 heavy (non-hydrogen) atoms. The van der Waals surface area contributed by atoms with Crippen LogP contribution in [-0.2, 0) is 6.18 Å². The van der Waals surface area contributed by atoms with Crippen LogP contribution in [0.3, 0.4) is 0 Å². The molecule has 0 spiro atoms. The lowest BCUT2D eigenvalue weighted by Gasteiger charge is -2.20. The van der Waals surface area contributed by atoms with Gasteiger partial charge in [-0.2, -0.15) is 13.2 Å². The van der Waals surface area contributed by atoms with Gasteiger partial charge in [-0.3, -0.25) is 4.79 Å². The minimum atomic E-state index is -4.76. The molecule has 4 rings (SSSR count). The summed E-state index contributed by atoms with van der Waals surface area (Å²) in [6.07, 6.45) is -2.49. The minimum absolute atomic E-state index is 0.0774.